The highest BCUT2D eigenvalue weighted by molar-refractivity contribution is 5.02. The van der Waals surface area contributed by atoms with Crippen LogP contribution in [0.5, 0.6) is 0 Å². The summed E-state index contributed by atoms with van der Waals surface area (Å²) >= 11 is 0. The minimum atomic E-state index is -1.29. The molecular weight excluding hydrogens is 422 g/mol. The van der Waals surface area contributed by atoms with Crippen molar-refractivity contribution in [3.8, 4) is 0 Å². The highest BCUT2D eigenvalue weighted by Gasteiger charge is 2.50. The third kappa shape index (κ3) is 5.43. The molecule has 12 heteroatoms. The Morgan fingerprint density at radius 2 is 1.59 bits per heavy atom. The first-order chi connectivity index (χ1) is 15.0. The van der Waals surface area contributed by atoms with Gasteiger partial charge in [0.25, 0.3) is 0 Å². The van der Waals surface area contributed by atoms with Crippen LogP contribution < -0.4 is 28.3 Å². The number of rotatable bonds is 6. The Morgan fingerprint density at radius 3 is 2.16 bits per heavy atom. The Hall–Kier alpha value is -0.480. The fourth-order valence-electron chi connectivity index (χ4n) is 4.87. The van der Waals surface area contributed by atoms with Crippen LogP contribution in [0.15, 0.2) is 0 Å². The summed E-state index contributed by atoms with van der Waals surface area (Å²) in [7, 11) is 1.62. The van der Waals surface area contributed by atoms with Crippen LogP contribution in [0.25, 0.3) is 0 Å². The van der Waals surface area contributed by atoms with Crippen molar-refractivity contribution < 1.29 is 34.3 Å². The minimum absolute atomic E-state index is 0.0683. The molecule has 12 nitrogen and oxygen atoms in total. The van der Waals surface area contributed by atoms with E-state index in [0.29, 0.717) is 12.8 Å². The monoisotopic (exact) mass is 463 g/mol. The molecule has 3 aliphatic rings. The molecule has 3 rings (SSSR count). The third-order valence-electron chi connectivity index (χ3n) is 6.81. The maximum Gasteiger partial charge on any atom is 0.185 e. The van der Waals surface area contributed by atoms with Crippen LogP contribution in [-0.2, 0) is 18.9 Å². The zero-order chi connectivity index (χ0) is 23.8. The molecule has 32 heavy (non-hydrogen) atoms. The first-order valence-electron chi connectivity index (χ1n) is 11.3. The van der Waals surface area contributed by atoms with Crippen molar-refractivity contribution in [1.29, 1.82) is 0 Å². The van der Waals surface area contributed by atoms with Gasteiger partial charge in [-0.25, -0.2) is 0 Å². The van der Waals surface area contributed by atoms with Gasteiger partial charge in [0.2, 0.25) is 0 Å². The topological polar surface area (TPSA) is 214 Å². The van der Waals surface area contributed by atoms with Crippen LogP contribution in [0, 0.1) is 0 Å². The van der Waals surface area contributed by atoms with Gasteiger partial charge in [0, 0.05) is 18.1 Å². The van der Waals surface area contributed by atoms with Crippen molar-refractivity contribution in [2.45, 2.75) is 112 Å². The highest BCUT2D eigenvalue weighted by Crippen LogP contribution is 2.31. The fourth-order valence-corrected chi connectivity index (χ4v) is 4.87. The number of likely N-dealkylation sites (N-methyl/N-ethyl adjacent to an activating group) is 1. The zero-order valence-corrected chi connectivity index (χ0v) is 19.0. The molecule has 3 fully saturated rings. The maximum absolute atomic E-state index is 11.1. The lowest BCUT2D eigenvalue weighted by atomic mass is 9.84. The highest BCUT2D eigenvalue weighted by atomic mass is 16.7. The van der Waals surface area contributed by atoms with Gasteiger partial charge in [0.15, 0.2) is 12.6 Å². The predicted octanol–water partition coefficient (Wildman–Crippen LogP) is -3.59. The average molecular weight is 464 g/mol. The SMILES string of the molecule is CNC1C(O)C(OC2C(N)CC(N)C(OC3OC([C@H](C)N)CCC3N)C2O)OCC1(C)O. The van der Waals surface area contributed by atoms with Gasteiger partial charge in [0.05, 0.1) is 24.8 Å². The van der Waals surface area contributed by atoms with Crippen LogP contribution in [0.4, 0.5) is 0 Å². The lowest BCUT2D eigenvalue weighted by Crippen LogP contribution is -2.68. The van der Waals surface area contributed by atoms with Crippen molar-refractivity contribution >= 4 is 0 Å². The predicted molar refractivity (Wildman–Crippen MR) is 115 cm³/mol. The van der Waals surface area contributed by atoms with Crippen molar-refractivity contribution in [2.24, 2.45) is 22.9 Å². The summed E-state index contributed by atoms with van der Waals surface area (Å²) in [6.45, 7) is 3.34. The number of hydrogen-bond donors (Lipinski definition) is 8. The first-order valence-corrected chi connectivity index (χ1v) is 11.3. The molecule has 13 atom stereocenters. The Labute approximate surface area is 188 Å². The lowest BCUT2D eigenvalue weighted by molar-refractivity contribution is -0.307. The molecule has 1 aliphatic carbocycles. The minimum Gasteiger partial charge on any atom is -0.388 e. The van der Waals surface area contributed by atoms with Gasteiger partial charge >= 0.3 is 0 Å². The van der Waals surface area contributed by atoms with E-state index in [-0.39, 0.29) is 24.8 Å². The zero-order valence-electron chi connectivity index (χ0n) is 19.0. The molecule has 2 saturated heterocycles. The summed E-state index contributed by atoms with van der Waals surface area (Å²) < 4.78 is 23.4. The van der Waals surface area contributed by atoms with Gasteiger partial charge in [0.1, 0.15) is 30.0 Å². The lowest BCUT2D eigenvalue weighted by Gasteiger charge is -2.48. The van der Waals surface area contributed by atoms with E-state index in [9.17, 15) is 15.3 Å². The standard InChI is InChI=1S/C20H41N5O7/c1-8(21)12-5-4-9(22)18(30-12)31-15-10(23)6-11(24)16(13(15)26)32-19-14(27)17(25-3)20(2,28)7-29-19/h8-19,25-28H,4-7,21-24H2,1-3H3/t8-,9?,10?,11?,12?,13?,14?,15?,16?,17?,18?,19?,20?/m0/s1. The van der Waals surface area contributed by atoms with Gasteiger partial charge in [-0.15, -0.1) is 0 Å². The molecule has 0 aromatic carbocycles. The van der Waals surface area contributed by atoms with E-state index in [2.05, 4.69) is 5.32 Å². The van der Waals surface area contributed by atoms with Gasteiger partial charge in [-0.2, -0.15) is 0 Å². The van der Waals surface area contributed by atoms with E-state index >= 15 is 0 Å². The van der Waals surface area contributed by atoms with Gasteiger partial charge in [-0.1, -0.05) is 0 Å². The van der Waals surface area contributed by atoms with E-state index in [1.54, 1.807) is 14.0 Å². The molecule has 0 spiro atoms. The molecule has 0 aromatic rings. The van der Waals surface area contributed by atoms with Crippen LogP contribution in [0.3, 0.4) is 0 Å². The largest absolute Gasteiger partial charge is 0.388 e. The van der Waals surface area contributed by atoms with Crippen molar-refractivity contribution in [1.82, 2.24) is 5.32 Å². The van der Waals surface area contributed by atoms with Crippen molar-refractivity contribution in [3.05, 3.63) is 0 Å². The van der Waals surface area contributed by atoms with Gasteiger partial charge in [-0.3, -0.25) is 0 Å². The summed E-state index contributed by atoms with van der Waals surface area (Å²) in [6.07, 6.45) is -4.58. The van der Waals surface area contributed by atoms with Gasteiger partial charge in [-0.05, 0) is 40.2 Å². The van der Waals surface area contributed by atoms with Crippen LogP contribution >= 0.6 is 0 Å². The number of nitrogens with one attached hydrogen (secondary N) is 1. The molecule has 12 N–H and O–H groups in total. The second kappa shape index (κ2) is 10.4. The van der Waals surface area contributed by atoms with Crippen molar-refractivity contribution in [2.75, 3.05) is 13.7 Å². The second-order valence-electron chi connectivity index (χ2n) is 9.69. The number of aliphatic hydroxyl groups excluding tert-OH is 2. The summed E-state index contributed by atoms with van der Waals surface area (Å²) in [5.74, 6) is 0. The summed E-state index contributed by atoms with van der Waals surface area (Å²) in [6, 6.07) is -2.47. The summed E-state index contributed by atoms with van der Waals surface area (Å²) in [4.78, 5) is 0. The molecule has 0 aromatic heterocycles. The average Bonchev–Trinajstić information content (AvgIpc) is 2.71. The van der Waals surface area contributed by atoms with E-state index in [1.807, 2.05) is 6.92 Å². The van der Waals surface area contributed by atoms with E-state index in [0.717, 1.165) is 6.42 Å². The molecule has 12 unspecified atom stereocenters. The molecule has 188 valence electrons. The number of ether oxygens (including phenoxy) is 4. The first kappa shape index (κ1) is 26.1. The van der Waals surface area contributed by atoms with E-state index < -0.39 is 60.7 Å². The van der Waals surface area contributed by atoms with Gasteiger partial charge < -0.3 is 62.5 Å². The second-order valence-corrected chi connectivity index (χ2v) is 9.69. The normalized spacial score (nSPS) is 51.4. The smallest absolute Gasteiger partial charge is 0.185 e. The van der Waals surface area contributed by atoms with E-state index in [1.165, 1.54) is 0 Å². The molecule has 2 aliphatic heterocycles. The Morgan fingerprint density at radius 1 is 1.00 bits per heavy atom. The quantitative estimate of drug-likeness (QED) is 0.192. The Balaban J connectivity index is 1.69. The molecule has 2 heterocycles. The Bertz CT molecular complexity index is 615. The molecule has 1 saturated carbocycles. The molecular formula is C20H41N5O7. The summed E-state index contributed by atoms with van der Waals surface area (Å²) in [5.41, 5.74) is 23.3. The maximum atomic E-state index is 11.1. The van der Waals surface area contributed by atoms with Crippen LogP contribution in [0.2, 0.25) is 0 Å². The van der Waals surface area contributed by atoms with Crippen LogP contribution in [0.1, 0.15) is 33.1 Å². The molecule has 0 amide bonds. The van der Waals surface area contributed by atoms with Crippen molar-refractivity contribution in [3.63, 3.8) is 0 Å². The fraction of sp³-hybridized carbons (Fsp3) is 1.00. The van der Waals surface area contributed by atoms with Crippen LogP contribution in [-0.4, -0.2) is 108 Å². The molecule has 0 bridgehead atoms. The third-order valence-corrected chi connectivity index (χ3v) is 6.81. The number of hydrogen-bond acceptors (Lipinski definition) is 12. The number of aliphatic hydroxyl groups is 3. The number of nitrogens with two attached hydrogens (primary N) is 4. The molecule has 0 radical (unpaired) electrons. The Kier molecular flexibility index (Phi) is 8.51. The van der Waals surface area contributed by atoms with E-state index in [4.69, 9.17) is 41.9 Å². The summed E-state index contributed by atoms with van der Waals surface area (Å²) in [5, 5.41) is 35.0.